The number of aliphatic carboxylic acids is 1. The Bertz CT molecular complexity index is 613. The van der Waals surface area contributed by atoms with Crippen molar-refractivity contribution in [2.24, 2.45) is 0 Å². The minimum Gasteiger partial charge on any atom is -0.478 e. The number of rotatable bonds is 20. The number of esters is 1. The highest BCUT2D eigenvalue weighted by Gasteiger charge is 2.32. The molecule has 0 aliphatic carbocycles. The molecule has 182 valence electrons. The van der Waals surface area contributed by atoms with E-state index in [0.717, 1.165) is 25.3 Å². The predicted octanol–water partition coefficient (Wildman–Crippen LogP) is 5.69. The highest BCUT2D eigenvalue weighted by Crippen LogP contribution is 2.20. The van der Waals surface area contributed by atoms with Crippen LogP contribution in [0.5, 0.6) is 0 Å². The Morgan fingerprint density at radius 2 is 1.26 bits per heavy atom. The molecule has 0 aromatic carbocycles. The van der Waals surface area contributed by atoms with Gasteiger partial charge in [-0.3, -0.25) is 4.55 Å². The molecular weight excluding hydrogens is 420 g/mol. The van der Waals surface area contributed by atoms with Crippen molar-refractivity contribution < 1.29 is 32.4 Å². The van der Waals surface area contributed by atoms with Crippen LogP contribution in [0, 0.1) is 0 Å². The van der Waals surface area contributed by atoms with Gasteiger partial charge in [-0.25, -0.2) is 9.59 Å². The van der Waals surface area contributed by atoms with E-state index in [9.17, 15) is 22.6 Å². The van der Waals surface area contributed by atoms with Gasteiger partial charge < -0.3 is 9.84 Å². The number of carbonyl (C=O) groups excluding carboxylic acids is 1. The van der Waals surface area contributed by atoms with Gasteiger partial charge in [-0.15, -0.1) is 0 Å². The van der Waals surface area contributed by atoms with E-state index in [1.807, 2.05) is 0 Å². The van der Waals surface area contributed by atoms with Gasteiger partial charge in [-0.1, -0.05) is 90.9 Å². The Morgan fingerprint density at radius 3 is 1.65 bits per heavy atom. The summed E-state index contributed by atoms with van der Waals surface area (Å²) in [6.07, 6.45) is 16.1. The number of hydrogen-bond acceptors (Lipinski definition) is 5. The predicted molar refractivity (Wildman–Crippen MR) is 123 cm³/mol. The van der Waals surface area contributed by atoms with E-state index < -0.39 is 33.4 Å². The van der Waals surface area contributed by atoms with Crippen molar-refractivity contribution >= 4 is 22.1 Å². The largest absolute Gasteiger partial charge is 0.478 e. The third-order valence-electron chi connectivity index (χ3n) is 5.42. The standard InChI is InChI=1S/C23H42O7S/c1-3-5-6-7-8-9-10-11-12-13-14-15-16-17-20(21(4-2)31(27,28)29)30-23(26)19-18-22(24)25/h18-21H,3-17H2,1-2H3,(H,24,25)(H,27,28,29)/b19-18-. The summed E-state index contributed by atoms with van der Waals surface area (Å²) in [6.45, 7) is 3.82. The van der Waals surface area contributed by atoms with Crippen molar-refractivity contribution in [3.8, 4) is 0 Å². The Morgan fingerprint density at radius 1 is 0.806 bits per heavy atom. The zero-order valence-electron chi connectivity index (χ0n) is 19.3. The first-order valence-corrected chi connectivity index (χ1v) is 13.3. The van der Waals surface area contributed by atoms with Crippen LogP contribution in [-0.2, 0) is 24.4 Å². The molecule has 0 saturated carbocycles. The quantitative estimate of drug-likeness (QED) is 0.103. The third-order valence-corrected chi connectivity index (χ3v) is 6.82. The number of carboxylic acids is 1. The fraction of sp³-hybridized carbons (Fsp3) is 0.826. The molecule has 2 unspecified atom stereocenters. The number of carbonyl (C=O) groups is 2. The van der Waals surface area contributed by atoms with Gasteiger partial charge in [0, 0.05) is 12.2 Å². The Balaban J connectivity index is 4.20. The van der Waals surface area contributed by atoms with Gasteiger partial charge >= 0.3 is 11.9 Å². The summed E-state index contributed by atoms with van der Waals surface area (Å²) >= 11 is 0. The zero-order valence-corrected chi connectivity index (χ0v) is 20.1. The lowest BCUT2D eigenvalue weighted by Gasteiger charge is -2.23. The van der Waals surface area contributed by atoms with Gasteiger partial charge in [0.1, 0.15) is 11.4 Å². The van der Waals surface area contributed by atoms with Crippen molar-refractivity contribution in [1.82, 2.24) is 0 Å². The second kappa shape index (κ2) is 18.2. The first-order chi connectivity index (χ1) is 14.7. The molecule has 0 radical (unpaired) electrons. The van der Waals surface area contributed by atoms with E-state index in [0.29, 0.717) is 18.9 Å². The summed E-state index contributed by atoms with van der Waals surface area (Å²) < 4.78 is 37.9. The fourth-order valence-corrected chi connectivity index (χ4v) is 4.67. The molecule has 31 heavy (non-hydrogen) atoms. The van der Waals surface area contributed by atoms with Crippen LogP contribution in [0.15, 0.2) is 12.2 Å². The lowest BCUT2D eigenvalue weighted by atomic mass is 10.0. The van der Waals surface area contributed by atoms with Gasteiger partial charge in [0.15, 0.2) is 0 Å². The van der Waals surface area contributed by atoms with Crippen LogP contribution in [0.1, 0.15) is 110 Å². The minimum atomic E-state index is -4.38. The molecule has 0 aliphatic heterocycles. The van der Waals surface area contributed by atoms with Crippen molar-refractivity contribution in [1.29, 1.82) is 0 Å². The van der Waals surface area contributed by atoms with Crippen molar-refractivity contribution in [2.75, 3.05) is 0 Å². The molecule has 0 aromatic heterocycles. The molecular formula is C23H42O7S. The molecule has 0 bridgehead atoms. The van der Waals surface area contributed by atoms with E-state index in [4.69, 9.17) is 9.84 Å². The van der Waals surface area contributed by atoms with Crippen LogP contribution >= 0.6 is 0 Å². The zero-order chi connectivity index (χ0) is 23.5. The number of unbranched alkanes of at least 4 members (excludes halogenated alkanes) is 12. The summed E-state index contributed by atoms with van der Waals surface area (Å²) in [5.74, 6) is -2.23. The summed E-state index contributed by atoms with van der Waals surface area (Å²) in [4.78, 5) is 22.3. The smallest absolute Gasteiger partial charge is 0.331 e. The van der Waals surface area contributed by atoms with E-state index in [2.05, 4.69) is 6.92 Å². The highest BCUT2D eigenvalue weighted by molar-refractivity contribution is 7.86. The third kappa shape index (κ3) is 16.9. The second-order valence-corrected chi connectivity index (χ2v) is 9.78. The Labute approximate surface area is 188 Å². The maximum atomic E-state index is 11.8. The van der Waals surface area contributed by atoms with Crippen LogP contribution in [0.2, 0.25) is 0 Å². The van der Waals surface area contributed by atoms with Crippen LogP contribution in [0.25, 0.3) is 0 Å². The van der Waals surface area contributed by atoms with E-state index >= 15 is 0 Å². The lowest BCUT2D eigenvalue weighted by molar-refractivity contribution is -0.144. The molecule has 0 fully saturated rings. The SMILES string of the molecule is CCCCCCCCCCCCCCCC(OC(=O)/C=C\C(=O)O)C(CC)S(=O)(=O)O. The van der Waals surface area contributed by atoms with E-state index in [-0.39, 0.29) is 6.42 Å². The second-order valence-electron chi connectivity index (χ2n) is 8.14. The molecule has 0 rings (SSSR count). The summed E-state index contributed by atoms with van der Waals surface area (Å²) in [5.41, 5.74) is 0. The first kappa shape index (κ1) is 29.6. The first-order valence-electron chi connectivity index (χ1n) is 11.8. The average Bonchev–Trinajstić information content (AvgIpc) is 2.69. The summed E-state index contributed by atoms with van der Waals surface area (Å²) in [6, 6.07) is 0. The van der Waals surface area contributed by atoms with Crippen molar-refractivity contribution in [3.63, 3.8) is 0 Å². The molecule has 2 atom stereocenters. The molecule has 0 saturated heterocycles. The van der Waals surface area contributed by atoms with Crippen molar-refractivity contribution in [2.45, 2.75) is 122 Å². The normalized spacial score (nSPS) is 13.9. The van der Waals surface area contributed by atoms with Gasteiger partial charge in [-0.05, 0) is 19.3 Å². The molecule has 0 spiro atoms. The molecule has 0 heterocycles. The highest BCUT2D eigenvalue weighted by atomic mass is 32.2. The van der Waals surface area contributed by atoms with Gasteiger partial charge in [0.05, 0.1) is 0 Å². The lowest BCUT2D eigenvalue weighted by Crippen LogP contribution is -2.36. The van der Waals surface area contributed by atoms with Gasteiger partial charge in [0.2, 0.25) is 0 Å². The maximum absolute atomic E-state index is 11.8. The summed E-state index contributed by atoms with van der Waals surface area (Å²) in [5, 5.41) is 7.37. The molecule has 0 aromatic rings. The van der Waals surface area contributed by atoms with E-state index in [1.54, 1.807) is 6.92 Å². The molecule has 0 aliphatic rings. The van der Waals surface area contributed by atoms with Crippen molar-refractivity contribution in [3.05, 3.63) is 12.2 Å². The molecule has 8 heteroatoms. The number of carboxylic acid groups (broad SMARTS) is 1. The average molecular weight is 463 g/mol. The molecule has 0 amide bonds. The van der Waals surface area contributed by atoms with Crippen LogP contribution < -0.4 is 0 Å². The monoisotopic (exact) mass is 462 g/mol. The maximum Gasteiger partial charge on any atom is 0.331 e. The topological polar surface area (TPSA) is 118 Å². The summed E-state index contributed by atoms with van der Waals surface area (Å²) in [7, 11) is -4.38. The molecule has 7 nitrogen and oxygen atoms in total. The van der Waals surface area contributed by atoms with E-state index in [1.165, 1.54) is 57.8 Å². The fourth-order valence-electron chi connectivity index (χ4n) is 3.68. The van der Waals surface area contributed by atoms with Gasteiger partial charge in [-0.2, -0.15) is 8.42 Å². The Kier molecular flexibility index (Phi) is 17.4. The molecule has 2 N–H and O–H groups in total. The van der Waals surface area contributed by atoms with Crippen LogP contribution in [0.4, 0.5) is 0 Å². The number of ether oxygens (including phenoxy) is 1. The van der Waals surface area contributed by atoms with Crippen LogP contribution in [-0.4, -0.2) is 41.4 Å². The number of hydrogen-bond donors (Lipinski definition) is 2. The van der Waals surface area contributed by atoms with Crippen LogP contribution in [0.3, 0.4) is 0 Å². The minimum absolute atomic E-state index is 0.0951. The van der Waals surface area contributed by atoms with Gasteiger partial charge in [0.25, 0.3) is 10.1 Å². The Hall–Kier alpha value is -1.41.